The molecule has 0 saturated carbocycles. The fraction of sp³-hybridized carbons (Fsp3) is 0.632. The van der Waals surface area contributed by atoms with Crippen LogP contribution in [0.25, 0.3) is 0 Å². The molecule has 0 aromatic heterocycles. The van der Waals surface area contributed by atoms with E-state index in [0.29, 0.717) is 29.1 Å². The first-order valence-corrected chi connectivity index (χ1v) is 9.08. The van der Waals surface area contributed by atoms with Crippen molar-refractivity contribution in [3.63, 3.8) is 0 Å². The van der Waals surface area contributed by atoms with Crippen molar-refractivity contribution >= 4 is 18.9 Å². The zero-order chi connectivity index (χ0) is 18.9. The number of methoxy groups -OCH3 is 1. The van der Waals surface area contributed by atoms with Crippen molar-refractivity contribution < 1.29 is 28.3 Å². The Morgan fingerprint density at radius 1 is 1.15 bits per heavy atom. The molecule has 0 amide bonds. The summed E-state index contributed by atoms with van der Waals surface area (Å²) in [7, 11) is 0.849. The molecule has 1 aromatic carbocycles. The summed E-state index contributed by atoms with van der Waals surface area (Å²) in [6.07, 6.45) is 3.43. The van der Waals surface area contributed by atoms with Crippen LogP contribution in [-0.2, 0) is 14.0 Å². The van der Waals surface area contributed by atoms with E-state index in [1.165, 1.54) is 7.11 Å². The zero-order valence-electron chi connectivity index (χ0n) is 16.2. The first kappa shape index (κ1) is 19.2. The van der Waals surface area contributed by atoms with Gasteiger partial charge in [0.25, 0.3) is 0 Å². The van der Waals surface area contributed by atoms with Crippen molar-refractivity contribution in [3.05, 3.63) is 17.7 Å². The van der Waals surface area contributed by atoms with Crippen LogP contribution < -0.4 is 14.9 Å². The van der Waals surface area contributed by atoms with E-state index in [1.54, 1.807) is 12.1 Å². The van der Waals surface area contributed by atoms with Crippen LogP contribution >= 0.6 is 0 Å². The van der Waals surface area contributed by atoms with E-state index >= 15 is 0 Å². The Labute approximate surface area is 155 Å². The van der Waals surface area contributed by atoms with Gasteiger partial charge in [0.05, 0.1) is 30.5 Å². The van der Waals surface area contributed by atoms with E-state index in [9.17, 15) is 4.79 Å². The molecule has 0 N–H and O–H groups in total. The van der Waals surface area contributed by atoms with E-state index in [1.807, 2.05) is 27.7 Å². The van der Waals surface area contributed by atoms with Gasteiger partial charge in [-0.25, -0.2) is 0 Å². The summed E-state index contributed by atoms with van der Waals surface area (Å²) >= 11 is 0. The van der Waals surface area contributed by atoms with Gasteiger partial charge in [-0.2, -0.15) is 0 Å². The van der Waals surface area contributed by atoms with Crippen LogP contribution in [-0.4, -0.2) is 44.6 Å². The molecule has 0 bridgehead atoms. The maximum Gasteiger partial charge on any atom is 0.495 e. The van der Waals surface area contributed by atoms with E-state index in [2.05, 4.69) is 0 Å². The molecule has 3 rings (SSSR count). The quantitative estimate of drug-likeness (QED) is 0.593. The van der Waals surface area contributed by atoms with Gasteiger partial charge < -0.3 is 23.5 Å². The maximum atomic E-state index is 11.7. The van der Waals surface area contributed by atoms with E-state index < -0.39 is 18.3 Å². The molecule has 0 spiro atoms. The molecular weight excluding hydrogens is 335 g/mol. The normalized spacial score (nSPS) is 24.3. The molecule has 1 aromatic rings. The van der Waals surface area contributed by atoms with Gasteiger partial charge in [-0.05, 0) is 46.6 Å². The molecule has 0 radical (unpaired) electrons. The smallest absolute Gasteiger partial charge is 0.495 e. The topological polar surface area (TPSA) is 63.2 Å². The fourth-order valence-electron chi connectivity index (χ4n) is 3.11. The summed E-state index contributed by atoms with van der Waals surface area (Å²) < 4.78 is 29.3. The van der Waals surface area contributed by atoms with Crippen LogP contribution in [0.2, 0.25) is 0 Å². The van der Waals surface area contributed by atoms with Gasteiger partial charge in [-0.3, -0.25) is 4.79 Å². The highest BCUT2D eigenvalue weighted by Gasteiger charge is 2.52. The molecule has 142 valence electrons. The molecule has 26 heavy (non-hydrogen) atoms. The van der Waals surface area contributed by atoms with Crippen molar-refractivity contribution in [2.75, 3.05) is 13.7 Å². The third-order valence-electron chi connectivity index (χ3n) is 5.40. The molecule has 2 aliphatic heterocycles. The highest BCUT2D eigenvalue weighted by atomic mass is 16.7. The van der Waals surface area contributed by atoms with Crippen LogP contribution in [0.4, 0.5) is 0 Å². The third-order valence-corrected chi connectivity index (χ3v) is 5.40. The Bertz CT molecular complexity index is 650. The number of carbonyl (C=O) groups is 1. The minimum Gasteiger partial charge on any atom is -0.496 e. The fourth-order valence-corrected chi connectivity index (χ4v) is 3.11. The summed E-state index contributed by atoms with van der Waals surface area (Å²) in [4.78, 5) is 11.7. The summed E-state index contributed by atoms with van der Waals surface area (Å²) in [5, 5.41) is 0. The Balaban J connectivity index is 1.95. The van der Waals surface area contributed by atoms with Gasteiger partial charge in [0.1, 0.15) is 11.5 Å². The minimum absolute atomic E-state index is 0.290. The van der Waals surface area contributed by atoms with Gasteiger partial charge >= 0.3 is 7.12 Å². The van der Waals surface area contributed by atoms with Crippen LogP contribution in [0.15, 0.2) is 12.1 Å². The molecule has 0 aliphatic carbocycles. The van der Waals surface area contributed by atoms with E-state index in [4.69, 9.17) is 23.5 Å². The summed E-state index contributed by atoms with van der Waals surface area (Å²) in [5.74, 6) is 1.00. The van der Waals surface area contributed by atoms with Crippen molar-refractivity contribution in [2.24, 2.45) is 0 Å². The zero-order valence-corrected chi connectivity index (χ0v) is 16.2. The molecule has 2 fully saturated rings. The van der Waals surface area contributed by atoms with Crippen molar-refractivity contribution in [2.45, 2.75) is 64.4 Å². The number of benzene rings is 1. The van der Waals surface area contributed by atoms with Gasteiger partial charge in [0.2, 0.25) is 0 Å². The largest absolute Gasteiger partial charge is 0.496 e. The van der Waals surface area contributed by atoms with Crippen molar-refractivity contribution in [1.82, 2.24) is 0 Å². The monoisotopic (exact) mass is 362 g/mol. The van der Waals surface area contributed by atoms with Gasteiger partial charge in [-0.1, -0.05) is 0 Å². The van der Waals surface area contributed by atoms with Crippen LogP contribution in [0.1, 0.15) is 57.3 Å². The maximum absolute atomic E-state index is 11.7. The van der Waals surface area contributed by atoms with Crippen LogP contribution in [0, 0.1) is 0 Å². The highest BCUT2D eigenvalue weighted by molar-refractivity contribution is 6.63. The first-order chi connectivity index (χ1) is 12.3. The second-order valence-corrected chi connectivity index (χ2v) is 7.75. The Kier molecular flexibility index (Phi) is 5.33. The van der Waals surface area contributed by atoms with Gasteiger partial charge in [-0.15, -0.1) is 0 Å². The molecule has 1 unspecified atom stereocenters. The predicted molar refractivity (Wildman–Crippen MR) is 98.3 cm³/mol. The second-order valence-electron chi connectivity index (χ2n) is 7.75. The highest BCUT2D eigenvalue weighted by Crippen LogP contribution is 2.37. The lowest BCUT2D eigenvalue weighted by Crippen LogP contribution is -2.41. The van der Waals surface area contributed by atoms with Crippen molar-refractivity contribution in [3.8, 4) is 11.5 Å². The van der Waals surface area contributed by atoms with Crippen LogP contribution in [0.5, 0.6) is 11.5 Å². The molecule has 2 heterocycles. The van der Waals surface area contributed by atoms with E-state index in [-0.39, 0.29) is 6.29 Å². The van der Waals surface area contributed by atoms with Crippen molar-refractivity contribution in [1.29, 1.82) is 0 Å². The molecule has 2 saturated heterocycles. The molecular formula is C19H27BO6. The van der Waals surface area contributed by atoms with Gasteiger partial charge in [0.15, 0.2) is 12.6 Å². The molecule has 6 nitrogen and oxygen atoms in total. The lowest BCUT2D eigenvalue weighted by Gasteiger charge is -2.32. The molecule has 7 heteroatoms. The minimum atomic E-state index is -0.676. The first-order valence-electron chi connectivity index (χ1n) is 9.08. The number of ether oxygens (including phenoxy) is 3. The van der Waals surface area contributed by atoms with Crippen LogP contribution in [0.3, 0.4) is 0 Å². The summed E-state index contributed by atoms with van der Waals surface area (Å²) in [5.41, 5.74) is -0.00489. The predicted octanol–water partition coefficient (Wildman–Crippen LogP) is 2.71. The second kappa shape index (κ2) is 7.21. The lowest BCUT2D eigenvalue weighted by molar-refractivity contribution is -0.105. The average Bonchev–Trinajstić information content (AvgIpc) is 2.82. The molecule has 2 aliphatic rings. The molecule has 1 atom stereocenters. The Morgan fingerprint density at radius 3 is 2.38 bits per heavy atom. The standard InChI is InChI=1S/C19H27BO6/c1-18(2)19(3,4)26-20(25-18)15-10-13(11-16(22-5)14(15)12-21)24-17-8-6-7-9-23-17/h10-12,17H,6-9H2,1-5H3. The third kappa shape index (κ3) is 3.61. The summed E-state index contributed by atoms with van der Waals surface area (Å²) in [6, 6.07) is 3.49. The number of hydrogen-bond acceptors (Lipinski definition) is 6. The van der Waals surface area contributed by atoms with E-state index in [0.717, 1.165) is 25.5 Å². The lowest BCUT2D eigenvalue weighted by atomic mass is 9.75. The SMILES string of the molecule is COc1cc(OC2CCCCO2)cc(B2OC(C)(C)C(C)(C)O2)c1C=O. The number of hydrogen-bond donors (Lipinski definition) is 0. The number of aldehydes is 1. The Hall–Kier alpha value is -1.57. The summed E-state index contributed by atoms with van der Waals surface area (Å²) in [6.45, 7) is 8.59. The Morgan fingerprint density at radius 2 is 1.85 bits per heavy atom. The number of carbonyl (C=O) groups excluding carboxylic acids is 1. The van der Waals surface area contributed by atoms with Gasteiger partial charge in [0, 0.05) is 17.9 Å². The average molecular weight is 362 g/mol. The number of rotatable bonds is 5.